The maximum absolute atomic E-state index is 12.2. The summed E-state index contributed by atoms with van der Waals surface area (Å²) in [7, 11) is 0. The van der Waals surface area contributed by atoms with Crippen molar-refractivity contribution < 1.29 is 9.53 Å². The highest BCUT2D eigenvalue weighted by Crippen LogP contribution is 2.25. The number of hydrogen-bond acceptors (Lipinski definition) is 2. The summed E-state index contributed by atoms with van der Waals surface area (Å²) in [5.41, 5.74) is 0.881. The van der Waals surface area contributed by atoms with Crippen molar-refractivity contribution in [1.82, 2.24) is 4.57 Å². The van der Waals surface area contributed by atoms with E-state index in [4.69, 9.17) is 27.9 Å². The maximum Gasteiger partial charge on any atom is 0.419 e. The lowest BCUT2D eigenvalue weighted by atomic mass is 10.2. The van der Waals surface area contributed by atoms with Crippen LogP contribution in [0.3, 0.4) is 0 Å². The molecule has 0 saturated heterocycles. The van der Waals surface area contributed by atoms with Crippen LogP contribution in [0.2, 0.25) is 5.02 Å². The Kier molecular flexibility index (Phi) is 3.79. The molecule has 1 heterocycles. The molecule has 0 amide bonds. The minimum absolute atomic E-state index is 0.228. The first-order valence-corrected chi connectivity index (χ1v) is 6.82. The van der Waals surface area contributed by atoms with Gasteiger partial charge in [-0.15, -0.1) is 11.6 Å². The number of carbonyl (C=O) groups is 1. The molecule has 0 atom stereocenters. The quantitative estimate of drug-likeness (QED) is 0.707. The molecule has 0 aliphatic carbocycles. The minimum atomic E-state index is -0.552. The van der Waals surface area contributed by atoms with Crippen molar-refractivity contribution in [3.63, 3.8) is 0 Å². The second kappa shape index (κ2) is 5.06. The Morgan fingerprint density at radius 3 is 2.58 bits per heavy atom. The molecule has 0 aliphatic rings. The Bertz CT molecular complexity index is 626. The lowest BCUT2D eigenvalue weighted by molar-refractivity contribution is 0.0541. The fourth-order valence-corrected chi connectivity index (χ4v) is 2.24. The Hall–Kier alpha value is -1.19. The van der Waals surface area contributed by atoms with Crippen LogP contribution >= 0.6 is 23.2 Å². The minimum Gasteiger partial charge on any atom is -0.443 e. The predicted molar refractivity (Wildman–Crippen MR) is 78.1 cm³/mol. The van der Waals surface area contributed by atoms with Crippen LogP contribution in [0, 0.1) is 0 Å². The van der Waals surface area contributed by atoms with Gasteiger partial charge in [-0.3, -0.25) is 0 Å². The number of alkyl halides is 1. The molecule has 1 aromatic carbocycles. The molecule has 0 N–H and O–H groups in total. The molecule has 0 spiro atoms. The molecule has 0 radical (unpaired) electrons. The van der Waals surface area contributed by atoms with E-state index in [1.54, 1.807) is 18.2 Å². The standard InChI is InChI=1S/C14H15Cl2NO2/c1-14(2,3)19-13(18)17-11(8-15)7-9-6-10(16)4-5-12(9)17/h4-7H,8H2,1-3H3. The van der Waals surface area contributed by atoms with Crippen LogP contribution in [0.25, 0.3) is 10.9 Å². The van der Waals surface area contributed by atoms with E-state index in [-0.39, 0.29) is 5.88 Å². The fraction of sp³-hybridized carbons (Fsp3) is 0.357. The number of carbonyl (C=O) groups excluding carboxylic acids is 1. The Morgan fingerprint density at radius 1 is 1.32 bits per heavy atom. The van der Waals surface area contributed by atoms with Crippen molar-refractivity contribution in [3.05, 3.63) is 35.0 Å². The summed E-state index contributed by atoms with van der Waals surface area (Å²) in [6.45, 7) is 5.48. The lowest BCUT2D eigenvalue weighted by Gasteiger charge is -2.20. The van der Waals surface area contributed by atoms with Gasteiger partial charge in [-0.05, 0) is 45.0 Å². The number of nitrogens with zero attached hydrogens (tertiary/aromatic N) is 1. The fourth-order valence-electron chi connectivity index (χ4n) is 1.86. The van der Waals surface area contributed by atoms with E-state index in [2.05, 4.69) is 0 Å². The number of rotatable bonds is 1. The maximum atomic E-state index is 12.2. The molecular formula is C14H15Cl2NO2. The average Bonchev–Trinajstić information content (AvgIpc) is 2.63. The summed E-state index contributed by atoms with van der Waals surface area (Å²) in [4.78, 5) is 12.2. The van der Waals surface area contributed by atoms with Gasteiger partial charge in [-0.1, -0.05) is 11.6 Å². The molecular weight excluding hydrogens is 285 g/mol. The smallest absolute Gasteiger partial charge is 0.419 e. The first kappa shape index (κ1) is 14.2. The first-order chi connectivity index (χ1) is 8.81. The average molecular weight is 300 g/mol. The third kappa shape index (κ3) is 3.04. The van der Waals surface area contributed by atoms with Crippen molar-refractivity contribution in [3.8, 4) is 0 Å². The van der Waals surface area contributed by atoms with Gasteiger partial charge >= 0.3 is 6.09 Å². The van der Waals surface area contributed by atoms with Crippen LogP contribution in [0.15, 0.2) is 24.3 Å². The zero-order valence-electron chi connectivity index (χ0n) is 11.0. The van der Waals surface area contributed by atoms with Crippen molar-refractivity contribution in [1.29, 1.82) is 0 Å². The van der Waals surface area contributed by atoms with E-state index < -0.39 is 11.7 Å². The van der Waals surface area contributed by atoms with E-state index in [1.807, 2.05) is 26.8 Å². The van der Waals surface area contributed by atoms with Crippen LogP contribution in [-0.4, -0.2) is 16.3 Å². The molecule has 19 heavy (non-hydrogen) atoms. The zero-order valence-corrected chi connectivity index (χ0v) is 12.5. The third-order valence-corrected chi connectivity index (χ3v) is 3.06. The van der Waals surface area contributed by atoms with Crippen LogP contribution in [0.5, 0.6) is 0 Å². The highest BCUT2D eigenvalue weighted by atomic mass is 35.5. The zero-order chi connectivity index (χ0) is 14.2. The Balaban J connectivity index is 2.54. The van der Waals surface area contributed by atoms with E-state index >= 15 is 0 Å². The lowest BCUT2D eigenvalue weighted by Crippen LogP contribution is -2.27. The van der Waals surface area contributed by atoms with E-state index in [0.717, 1.165) is 10.9 Å². The number of fused-ring (bicyclic) bond motifs is 1. The van der Waals surface area contributed by atoms with Crippen LogP contribution in [-0.2, 0) is 10.6 Å². The normalized spacial score (nSPS) is 11.8. The molecule has 1 aromatic heterocycles. The van der Waals surface area contributed by atoms with Gasteiger partial charge < -0.3 is 4.74 Å². The van der Waals surface area contributed by atoms with Crippen molar-refractivity contribution >= 4 is 40.2 Å². The monoisotopic (exact) mass is 299 g/mol. The van der Waals surface area contributed by atoms with Gasteiger partial charge in [0.2, 0.25) is 0 Å². The molecule has 0 bridgehead atoms. The third-order valence-electron chi connectivity index (χ3n) is 2.55. The van der Waals surface area contributed by atoms with Crippen LogP contribution in [0.1, 0.15) is 26.5 Å². The number of hydrogen-bond donors (Lipinski definition) is 0. The molecule has 0 saturated carbocycles. The van der Waals surface area contributed by atoms with Crippen molar-refractivity contribution in [2.75, 3.05) is 0 Å². The van der Waals surface area contributed by atoms with Crippen LogP contribution in [0.4, 0.5) is 4.79 Å². The van der Waals surface area contributed by atoms with E-state index in [9.17, 15) is 4.79 Å². The van der Waals surface area contributed by atoms with Gasteiger partial charge in [0.1, 0.15) is 5.60 Å². The molecule has 102 valence electrons. The number of aromatic nitrogens is 1. The topological polar surface area (TPSA) is 31.2 Å². The van der Waals surface area contributed by atoms with Crippen LogP contribution < -0.4 is 0 Å². The highest BCUT2D eigenvalue weighted by Gasteiger charge is 2.21. The van der Waals surface area contributed by atoms with Gasteiger partial charge in [-0.2, -0.15) is 0 Å². The summed E-state index contributed by atoms with van der Waals surface area (Å²) >= 11 is 11.8. The Labute approximate surface area is 122 Å². The van der Waals surface area contributed by atoms with E-state index in [1.165, 1.54) is 4.57 Å². The van der Waals surface area contributed by atoms with Crippen molar-refractivity contribution in [2.45, 2.75) is 32.3 Å². The first-order valence-electron chi connectivity index (χ1n) is 5.91. The highest BCUT2D eigenvalue weighted by molar-refractivity contribution is 6.31. The summed E-state index contributed by atoms with van der Waals surface area (Å²) in [6.07, 6.45) is -0.430. The molecule has 3 nitrogen and oxygen atoms in total. The molecule has 5 heteroatoms. The summed E-state index contributed by atoms with van der Waals surface area (Å²) in [5.74, 6) is 0.228. The van der Waals surface area contributed by atoms with Gasteiger partial charge in [0.05, 0.1) is 11.4 Å². The van der Waals surface area contributed by atoms with E-state index in [0.29, 0.717) is 10.7 Å². The van der Waals surface area contributed by atoms with Gasteiger partial charge in [0.25, 0.3) is 0 Å². The summed E-state index contributed by atoms with van der Waals surface area (Å²) < 4.78 is 6.89. The van der Waals surface area contributed by atoms with Gasteiger partial charge in [0.15, 0.2) is 0 Å². The van der Waals surface area contributed by atoms with Crippen molar-refractivity contribution in [2.24, 2.45) is 0 Å². The molecule has 0 unspecified atom stereocenters. The second-order valence-corrected chi connectivity index (χ2v) is 5.99. The Morgan fingerprint density at radius 2 is 2.00 bits per heavy atom. The molecule has 0 aliphatic heterocycles. The predicted octanol–water partition coefficient (Wildman–Crippen LogP) is 4.82. The molecule has 2 rings (SSSR count). The largest absolute Gasteiger partial charge is 0.443 e. The summed E-state index contributed by atoms with van der Waals surface area (Å²) in [5, 5.41) is 1.49. The number of ether oxygens (including phenoxy) is 1. The van der Waals surface area contributed by atoms with Gasteiger partial charge in [-0.25, -0.2) is 9.36 Å². The molecule has 0 fully saturated rings. The molecule has 2 aromatic rings. The summed E-state index contributed by atoms with van der Waals surface area (Å²) in [6, 6.07) is 7.17. The number of benzene rings is 1. The SMILES string of the molecule is CC(C)(C)OC(=O)n1c(CCl)cc2cc(Cl)ccc21. The second-order valence-electron chi connectivity index (χ2n) is 5.29. The van der Waals surface area contributed by atoms with Gasteiger partial charge in [0, 0.05) is 16.1 Å². The number of halogens is 2.